The van der Waals surface area contributed by atoms with Crippen LogP contribution in [0.4, 0.5) is 0 Å². The summed E-state index contributed by atoms with van der Waals surface area (Å²) in [6.07, 6.45) is 18.6. The minimum Gasteiger partial charge on any atom is -0.460 e. The van der Waals surface area contributed by atoms with E-state index in [1.807, 2.05) is 6.07 Å². The van der Waals surface area contributed by atoms with E-state index in [2.05, 4.69) is 29.5 Å². The lowest BCUT2D eigenvalue weighted by molar-refractivity contribution is 0.0460. The van der Waals surface area contributed by atoms with Gasteiger partial charge in [0.15, 0.2) is 0 Å². The van der Waals surface area contributed by atoms with Crippen LogP contribution in [-0.2, 0) is 9.16 Å². The van der Waals surface area contributed by atoms with Gasteiger partial charge in [-0.15, -0.1) is 0 Å². The first kappa shape index (κ1) is 23.5. The molecule has 1 rings (SSSR count). The van der Waals surface area contributed by atoms with Crippen LogP contribution in [0.2, 0.25) is 0 Å². The van der Waals surface area contributed by atoms with E-state index in [-0.39, 0.29) is 5.97 Å². The topological polar surface area (TPSA) is 39.4 Å². The minimum absolute atomic E-state index is 0.321. The summed E-state index contributed by atoms with van der Waals surface area (Å²) in [6.45, 7) is 2.77. The van der Waals surface area contributed by atoms with Gasteiger partial charge in [-0.25, -0.2) is 4.79 Å². The molecule has 0 unspecified atom stereocenters. The zero-order valence-electron chi connectivity index (χ0n) is 16.6. The molecule has 0 atom stereocenters. The number of halogens is 1. The molecule has 4 heteroatoms. The molecule has 0 bridgehead atoms. The summed E-state index contributed by atoms with van der Waals surface area (Å²) < 4.78 is 11.4. The fourth-order valence-corrected chi connectivity index (χ4v) is 3.50. The summed E-state index contributed by atoms with van der Waals surface area (Å²) in [5, 5.41) is 0. The van der Waals surface area contributed by atoms with Gasteiger partial charge in [-0.1, -0.05) is 113 Å². The molecule has 0 aliphatic rings. The number of hydrogen-bond donors (Lipinski definition) is 0. The Morgan fingerprint density at radius 3 is 1.81 bits per heavy atom. The Morgan fingerprint density at radius 2 is 1.35 bits per heavy atom. The Balaban J connectivity index is 1.81. The molecular weight excluding hydrogens is 439 g/mol. The predicted octanol–water partition coefficient (Wildman–Crippen LogP) is 7.85. The lowest BCUT2D eigenvalue weighted by Crippen LogP contribution is -2.05. The number of carbonyl (C=O) groups is 1. The van der Waals surface area contributed by atoms with Crippen molar-refractivity contribution in [2.24, 2.45) is 0 Å². The van der Waals surface area contributed by atoms with E-state index < -0.39 is 0 Å². The summed E-state index contributed by atoms with van der Waals surface area (Å²) in [5.74, 6) is 0.798. The first-order valence-corrected chi connectivity index (χ1v) is 12.1. The van der Waals surface area contributed by atoms with E-state index in [0.717, 1.165) is 23.0 Å². The number of carbonyl (C=O) groups excluding carboxylic acids is 1. The first-order chi connectivity index (χ1) is 12.8. The van der Waals surface area contributed by atoms with Crippen LogP contribution in [0, 0.1) is 0 Å². The maximum absolute atomic E-state index is 11.8. The van der Waals surface area contributed by atoms with Crippen molar-refractivity contribution in [3.63, 3.8) is 0 Å². The van der Waals surface area contributed by atoms with Crippen LogP contribution in [0.3, 0.4) is 0 Å². The van der Waals surface area contributed by atoms with Gasteiger partial charge in [0.1, 0.15) is 5.76 Å². The van der Waals surface area contributed by atoms with Gasteiger partial charge in [-0.05, 0) is 18.6 Å². The van der Waals surface area contributed by atoms with Crippen molar-refractivity contribution in [3.05, 3.63) is 23.7 Å². The minimum atomic E-state index is -0.337. The largest absolute Gasteiger partial charge is 0.460 e. The van der Waals surface area contributed by atoms with Crippen molar-refractivity contribution >= 4 is 28.6 Å². The van der Waals surface area contributed by atoms with Crippen molar-refractivity contribution < 1.29 is 13.9 Å². The Hall–Kier alpha value is -0.520. The number of rotatable bonds is 17. The van der Waals surface area contributed by atoms with Gasteiger partial charge in [-0.3, -0.25) is 0 Å². The zero-order chi connectivity index (χ0) is 18.9. The number of ether oxygens (including phenoxy) is 1. The summed E-state index contributed by atoms with van der Waals surface area (Å²) in [5.41, 5.74) is 0. The SMILES string of the molecule is CCCCCCCCCCCCCCCCOC(=O)c1ccc(CI)o1. The molecule has 0 radical (unpaired) electrons. The van der Waals surface area contributed by atoms with Gasteiger partial charge in [0.2, 0.25) is 5.76 Å². The van der Waals surface area contributed by atoms with Crippen molar-refractivity contribution in [1.29, 1.82) is 0 Å². The molecule has 3 nitrogen and oxygen atoms in total. The van der Waals surface area contributed by atoms with Gasteiger partial charge in [0.25, 0.3) is 0 Å². The summed E-state index contributed by atoms with van der Waals surface area (Å²) in [7, 11) is 0. The van der Waals surface area contributed by atoms with Crippen LogP contribution in [0.25, 0.3) is 0 Å². The number of furan rings is 1. The lowest BCUT2D eigenvalue weighted by atomic mass is 10.0. The monoisotopic (exact) mass is 476 g/mol. The molecule has 0 saturated carbocycles. The van der Waals surface area contributed by atoms with Crippen LogP contribution >= 0.6 is 22.6 Å². The average molecular weight is 476 g/mol. The third-order valence-electron chi connectivity index (χ3n) is 4.73. The van der Waals surface area contributed by atoms with Crippen LogP contribution in [0.1, 0.15) is 113 Å². The fraction of sp³-hybridized carbons (Fsp3) is 0.773. The average Bonchev–Trinajstić information content (AvgIpc) is 3.14. The molecule has 26 heavy (non-hydrogen) atoms. The fourth-order valence-electron chi connectivity index (χ4n) is 3.09. The Labute approximate surface area is 173 Å². The molecule has 0 spiro atoms. The number of esters is 1. The Morgan fingerprint density at radius 1 is 0.846 bits per heavy atom. The highest BCUT2D eigenvalue weighted by atomic mass is 127. The zero-order valence-corrected chi connectivity index (χ0v) is 18.7. The second-order valence-corrected chi connectivity index (χ2v) is 7.89. The number of unbranched alkanes of at least 4 members (excludes halogenated alkanes) is 13. The second kappa shape index (κ2) is 16.6. The standard InChI is InChI=1S/C22H37IO3/c1-2-3-4-5-6-7-8-9-10-11-12-13-14-15-18-25-22(24)21-17-16-20(19-23)26-21/h16-17H,2-15,18-19H2,1H3. The van der Waals surface area contributed by atoms with Gasteiger partial charge >= 0.3 is 5.97 Å². The Bertz CT molecular complexity index is 456. The first-order valence-electron chi connectivity index (χ1n) is 10.6. The van der Waals surface area contributed by atoms with Gasteiger partial charge in [0.05, 0.1) is 11.0 Å². The maximum Gasteiger partial charge on any atom is 0.374 e. The van der Waals surface area contributed by atoms with Crippen LogP contribution in [-0.4, -0.2) is 12.6 Å². The number of hydrogen-bond acceptors (Lipinski definition) is 3. The molecule has 150 valence electrons. The van der Waals surface area contributed by atoms with Crippen molar-refractivity contribution in [2.45, 2.75) is 101 Å². The van der Waals surface area contributed by atoms with Crippen molar-refractivity contribution in [3.8, 4) is 0 Å². The third-order valence-corrected chi connectivity index (χ3v) is 5.48. The van der Waals surface area contributed by atoms with Gasteiger partial charge < -0.3 is 9.15 Å². The van der Waals surface area contributed by atoms with E-state index >= 15 is 0 Å². The van der Waals surface area contributed by atoms with Crippen LogP contribution in [0.15, 0.2) is 16.5 Å². The molecule has 0 aliphatic carbocycles. The predicted molar refractivity (Wildman–Crippen MR) is 117 cm³/mol. The molecule has 1 heterocycles. The molecule has 0 amide bonds. The van der Waals surface area contributed by atoms with E-state index in [9.17, 15) is 4.79 Å². The third kappa shape index (κ3) is 12.0. The normalized spacial score (nSPS) is 11.0. The molecule has 0 N–H and O–H groups in total. The van der Waals surface area contributed by atoms with Crippen LogP contribution < -0.4 is 0 Å². The van der Waals surface area contributed by atoms with Crippen molar-refractivity contribution in [1.82, 2.24) is 0 Å². The molecule has 0 fully saturated rings. The van der Waals surface area contributed by atoms with Crippen LogP contribution in [0.5, 0.6) is 0 Å². The van der Waals surface area contributed by atoms with E-state index in [1.165, 1.54) is 77.0 Å². The maximum atomic E-state index is 11.8. The Kier molecular flexibility index (Phi) is 15.1. The summed E-state index contributed by atoms with van der Waals surface area (Å²) >= 11 is 2.21. The van der Waals surface area contributed by atoms with E-state index in [0.29, 0.717) is 12.4 Å². The van der Waals surface area contributed by atoms with E-state index in [1.54, 1.807) is 6.07 Å². The molecule has 0 aliphatic heterocycles. The highest BCUT2D eigenvalue weighted by Crippen LogP contribution is 2.14. The second-order valence-electron chi connectivity index (χ2n) is 7.13. The molecular formula is C22H37IO3. The van der Waals surface area contributed by atoms with Gasteiger partial charge in [-0.2, -0.15) is 0 Å². The van der Waals surface area contributed by atoms with Crippen molar-refractivity contribution in [2.75, 3.05) is 6.61 Å². The molecule has 1 aromatic heterocycles. The highest BCUT2D eigenvalue weighted by Gasteiger charge is 2.11. The quantitative estimate of drug-likeness (QED) is 0.0995. The molecule has 0 saturated heterocycles. The summed E-state index contributed by atoms with van der Waals surface area (Å²) in [4.78, 5) is 11.8. The number of alkyl halides is 1. The smallest absolute Gasteiger partial charge is 0.374 e. The van der Waals surface area contributed by atoms with Gasteiger partial charge in [0, 0.05) is 0 Å². The summed E-state index contributed by atoms with van der Waals surface area (Å²) in [6, 6.07) is 3.52. The highest BCUT2D eigenvalue weighted by molar-refractivity contribution is 14.1. The molecule has 1 aromatic rings. The lowest BCUT2D eigenvalue weighted by Gasteiger charge is -2.04. The van der Waals surface area contributed by atoms with E-state index in [4.69, 9.17) is 9.15 Å². The molecule has 0 aromatic carbocycles.